The second-order valence-corrected chi connectivity index (χ2v) is 9.82. The van der Waals surface area contributed by atoms with Crippen LogP contribution in [0.1, 0.15) is 61.1 Å². The molecule has 184 valence electrons. The fourth-order valence-corrected chi connectivity index (χ4v) is 5.72. The highest BCUT2D eigenvalue weighted by molar-refractivity contribution is 5.74. The lowest BCUT2D eigenvalue weighted by molar-refractivity contribution is 0.704. The standard InChI is InChI=1S/C34H38N2/c1-5-23-15-11-16-24(6-2)33(23)35-31-19-20-32(36-34-25(7-3)17-12-18-26(34)8-4)30-22-28-14-10-9-13-27(28)21-29(30)31/h9-21,30,35-36H,5-8,22H2,1-4H3. The Hall–Kier alpha value is -3.52. The third-order valence-corrected chi connectivity index (χ3v) is 7.81. The van der Waals surface area contributed by atoms with Crippen molar-refractivity contribution < 1.29 is 0 Å². The van der Waals surface area contributed by atoms with Crippen LogP contribution in [0.2, 0.25) is 0 Å². The van der Waals surface area contributed by atoms with Crippen molar-refractivity contribution in [1.82, 2.24) is 0 Å². The van der Waals surface area contributed by atoms with Crippen LogP contribution in [0.3, 0.4) is 0 Å². The first-order valence-corrected chi connectivity index (χ1v) is 13.6. The largest absolute Gasteiger partial charge is 0.358 e. The molecule has 36 heavy (non-hydrogen) atoms. The Kier molecular flexibility index (Phi) is 7.13. The number of nitrogens with one attached hydrogen (secondary N) is 2. The fourth-order valence-electron chi connectivity index (χ4n) is 5.72. The van der Waals surface area contributed by atoms with E-state index < -0.39 is 0 Å². The van der Waals surface area contributed by atoms with E-state index in [0.29, 0.717) is 5.92 Å². The van der Waals surface area contributed by atoms with Crippen molar-refractivity contribution >= 4 is 17.5 Å². The summed E-state index contributed by atoms with van der Waals surface area (Å²) in [5.74, 6) is 0.292. The molecule has 0 fully saturated rings. The lowest BCUT2D eigenvalue weighted by atomic mass is 9.77. The molecular formula is C34H38N2. The van der Waals surface area contributed by atoms with E-state index >= 15 is 0 Å². The summed E-state index contributed by atoms with van der Waals surface area (Å²) in [4.78, 5) is 0. The molecular weight excluding hydrogens is 436 g/mol. The van der Waals surface area contributed by atoms with Gasteiger partial charge < -0.3 is 10.6 Å². The lowest BCUT2D eigenvalue weighted by Crippen LogP contribution is -2.26. The van der Waals surface area contributed by atoms with E-state index in [1.165, 1.54) is 61.7 Å². The smallest absolute Gasteiger partial charge is 0.0449 e. The molecule has 2 aliphatic rings. The second-order valence-electron chi connectivity index (χ2n) is 9.82. The molecule has 0 aliphatic heterocycles. The zero-order valence-electron chi connectivity index (χ0n) is 22.1. The topological polar surface area (TPSA) is 24.1 Å². The monoisotopic (exact) mass is 474 g/mol. The molecule has 0 saturated carbocycles. The first-order chi connectivity index (χ1) is 17.7. The maximum atomic E-state index is 3.93. The minimum atomic E-state index is 0.292. The molecule has 5 rings (SSSR count). The third-order valence-electron chi connectivity index (χ3n) is 7.81. The SMILES string of the molecule is CCc1cccc(CC)c1NC1=CC=C(Nc2c(CC)cccc2CC)C2Cc3ccccc3C=C12. The maximum Gasteiger partial charge on any atom is 0.0449 e. The van der Waals surface area contributed by atoms with Gasteiger partial charge in [0.1, 0.15) is 0 Å². The van der Waals surface area contributed by atoms with Crippen molar-refractivity contribution in [2.75, 3.05) is 10.6 Å². The highest BCUT2D eigenvalue weighted by atomic mass is 14.9. The molecule has 0 aromatic heterocycles. The second kappa shape index (κ2) is 10.6. The van der Waals surface area contributed by atoms with Crippen molar-refractivity contribution in [1.29, 1.82) is 0 Å². The molecule has 2 aliphatic carbocycles. The lowest BCUT2D eigenvalue weighted by Gasteiger charge is -2.34. The molecule has 0 saturated heterocycles. The highest BCUT2D eigenvalue weighted by Gasteiger charge is 2.30. The summed E-state index contributed by atoms with van der Waals surface area (Å²) in [5.41, 5.74) is 14.7. The maximum absolute atomic E-state index is 3.93. The molecule has 0 heterocycles. The number of benzene rings is 3. The van der Waals surface area contributed by atoms with Gasteiger partial charge in [-0.3, -0.25) is 0 Å². The average Bonchev–Trinajstić information content (AvgIpc) is 2.93. The van der Waals surface area contributed by atoms with Crippen molar-refractivity contribution in [3.8, 4) is 0 Å². The predicted molar refractivity (Wildman–Crippen MR) is 155 cm³/mol. The minimum absolute atomic E-state index is 0.292. The molecule has 0 spiro atoms. The van der Waals surface area contributed by atoms with Crippen LogP contribution in [-0.2, 0) is 32.1 Å². The Morgan fingerprint density at radius 3 is 1.78 bits per heavy atom. The van der Waals surface area contributed by atoms with Crippen molar-refractivity contribution in [3.05, 3.63) is 123 Å². The Morgan fingerprint density at radius 2 is 1.19 bits per heavy atom. The summed E-state index contributed by atoms with van der Waals surface area (Å²) in [6.45, 7) is 8.98. The number of rotatable bonds is 8. The Morgan fingerprint density at radius 1 is 0.639 bits per heavy atom. The number of aryl methyl sites for hydroxylation is 4. The Labute approximate surface area is 216 Å². The number of anilines is 2. The first-order valence-electron chi connectivity index (χ1n) is 13.6. The van der Waals surface area contributed by atoms with Crippen LogP contribution in [-0.4, -0.2) is 0 Å². The molecule has 1 atom stereocenters. The van der Waals surface area contributed by atoms with E-state index in [2.05, 4.69) is 117 Å². The van der Waals surface area contributed by atoms with Gasteiger partial charge in [0, 0.05) is 28.7 Å². The van der Waals surface area contributed by atoms with Gasteiger partial charge >= 0.3 is 0 Å². The van der Waals surface area contributed by atoms with Gasteiger partial charge in [0.05, 0.1) is 0 Å². The number of hydrogen-bond acceptors (Lipinski definition) is 2. The van der Waals surface area contributed by atoms with Gasteiger partial charge in [-0.25, -0.2) is 0 Å². The molecule has 3 aromatic rings. The van der Waals surface area contributed by atoms with Gasteiger partial charge in [-0.05, 0) is 89.3 Å². The van der Waals surface area contributed by atoms with Gasteiger partial charge in [-0.15, -0.1) is 0 Å². The van der Waals surface area contributed by atoms with Crippen LogP contribution in [0.15, 0.2) is 89.8 Å². The van der Waals surface area contributed by atoms with Crippen LogP contribution >= 0.6 is 0 Å². The molecule has 0 amide bonds. The van der Waals surface area contributed by atoms with Crippen LogP contribution in [0.5, 0.6) is 0 Å². The van der Waals surface area contributed by atoms with Crippen LogP contribution in [0, 0.1) is 5.92 Å². The third kappa shape index (κ3) is 4.53. The van der Waals surface area contributed by atoms with E-state index in [9.17, 15) is 0 Å². The predicted octanol–water partition coefficient (Wildman–Crippen LogP) is 8.50. The summed E-state index contributed by atoms with van der Waals surface area (Å²) in [5, 5.41) is 7.83. The fraction of sp³-hybridized carbons (Fsp3) is 0.294. The van der Waals surface area contributed by atoms with Gasteiger partial charge in [0.15, 0.2) is 0 Å². The zero-order valence-corrected chi connectivity index (χ0v) is 22.1. The van der Waals surface area contributed by atoms with Crippen LogP contribution in [0.4, 0.5) is 11.4 Å². The summed E-state index contributed by atoms with van der Waals surface area (Å²) in [6.07, 6.45) is 12.1. The number of allylic oxidation sites excluding steroid dienone is 4. The Balaban J connectivity index is 1.60. The summed E-state index contributed by atoms with van der Waals surface area (Å²) in [7, 11) is 0. The van der Waals surface area contributed by atoms with Gasteiger partial charge in [0.25, 0.3) is 0 Å². The van der Waals surface area contributed by atoms with Gasteiger partial charge in [-0.1, -0.05) is 88.4 Å². The summed E-state index contributed by atoms with van der Waals surface area (Å²) < 4.78 is 0. The number of para-hydroxylation sites is 2. The van der Waals surface area contributed by atoms with Gasteiger partial charge in [-0.2, -0.15) is 0 Å². The quantitative estimate of drug-likeness (QED) is 0.342. The van der Waals surface area contributed by atoms with Crippen LogP contribution in [0.25, 0.3) is 6.08 Å². The van der Waals surface area contributed by atoms with Gasteiger partial charge in [0.2, 0.25) is 0 Å². The van der Waals surface area contributed by atoms with Crippen molar-refractivity contribution in [2.45, 2.75) is 59.8 Å². The first kappa shape index (κ1) is 24.2. The molecule has 0 bridgehead atoms. The Bertz CT molecular complexity index is 1310. The highest BCUT2D eigenvalue weighted by Crippen LogP contribution is 2.41. The van der Waals surface area contributed by atoms with E-state index in [0.717, 1.165) is 32.1 Å². The van der Waals surface area contributed by atoms with Crippen LogP contribution < -0.4 is 10.6 Å². The molecule has 2 N–H and O–H groups in total. The molecule has 2 heteroatoms. The molecule has 0 radical (unpaired) electrons. The summed E-state index contributed by atoms with van der Waals surface area (Å²) in [6, 6.07) is 22.3. The molecule has 2 nitrogen and oxygen atoms in total. The molecule has 1 unspecified atom stereocenters. The minimum Gasteiger partial charge on any atom is -0.358 e. The van der Waals surface area contributed by atoms with E-state index in [1.54, 1.807) is 0 Å². The molecule has 3 aromatic carbocycles. The average molecular weight is 475 g/mol. The van der Waals surface area contributed by atoms with E-state index in [-0.39, 0.29) is 0 Å². The zero-order chi connectivity index (χ0) is 25.1. The normalized spacial score (nSPS) is 16.3. The van der Waals surface area contributed by atoms with E-state index in [1.807, 2.05) is 0 Å². The van der Waals surface area contributed by atoms with Crippen molar-refractivity contribution in [2.24, 2.45) is 5.92 Å². The van der Waals surface area contributed by atoms with E-state index in [4.69, 9.17) is 0 Å². The van der Waals surface area contributed by atoms with Crippen molar-refractivity contribution in [3.63, 3.8) is 0 Å². The number of hydrogen-bond donors (Lipinski definition) is 2. The summed E-state index contributed by atoms with van der Waals surface area (Å²) >= 11 is 0. The number of fused-ring (bicyclic) bond motifs is 2.